The molecule has 3 aromatic rings. The van der Waals surface area contributed by atoms with Gasteiger partial charge in [0.05, 0.1) is 0 Å². The fraction of sp³-hybridized carbons (Fsp3) is 0.182. The van der Waals surface area contributed by atoms with Crippen LogP contribution >= 0.6 is 11.3 Å². The van der Waals surface area contributed by atoms with Gasteiger partial charge in [0.25, 0.3) is 0 Å². The third-order valence-corrected chi connectivity index (χ3v) is 5.37. The highest BCUT2D eigenvalue weighted by molar-refractivity contribution is 7.08. The van der Waals surface area contributed by atoms with Crippen molar-refractivity contribution in [2.75, 3.05) is 10.6 Å². The van der Waals surface area contributed by atoms with Gasteiger partial charge in [0, 0.05) is 23.6 Å². The first kappa shape index (κ1) is 18.4. The molecule has 1 aliphatic carbocycles. The van der Waals surface area contributed by atoms with Crippen molar-refractivity contribution in [1.82, 2.24) is 9.97 Å². The van der Waals surface area contributed by atoms with E-state index in [1.54, 1.807) is 17.5 Å². The first-order chi connectivity index (χ1) is 13.6. The van der Waals surface area contributed by atoms with Crippen LogP contribution in [0, 0.1) is 13.8 Å². The van der Waals surface area contributed by atoms with E-state index < -0.39 is 0 Å². The fourth-order valence-electron chi connectivity index (χ4n) is 3.23. The van der Waals surface area contributed by atoms with Gasteiger partial charge in [-0.15, -0.1) is 0 Å². The number of allylic oxidation sites excluding steroid dienone is 1. The first-order valence-electron chi connectivity index (χ1n) is 9.23. The highest BCUT2D eigenvalue weighted by Crippen LogP contribution is 2.31. The van der Waals surface area contributed by atoms with Gasteiger partial charge in [-0.2, -0.15) is 16.3 Å². The van der Waals surface area contributed by atoms with Crippen LogP contribution in [0.4, 0.5) is 17.5 Å². The topological polar surface area (TPSA) is 75.9 Å². The molecule has 0 saturated heterocycles. The van der Waals surface area contributed by atoms with Gasteiger partial charge in [-0.05, 0) is 83.6 Å². The Morgan fingerprint density at radius 2 is 1.93 bits per heavy atom. The summed E-state index contributed by atoms with van der Waals surface area (Å²) in [6, 6.07) is 8.52. The molecular weight excluding hydrogens is 366 g/mol. The molecule has 1 unspecified atom stereocenters. The number of aromatic nitrogens is 2. The van der Waals surface area contributed by atoms with E-state index in [1.807, 2.05) is 18.2 Å². The minimum absolute atomic E-state index is 0.0856. The number of nitrogens with one attached hydrogen (secondary N) is 2. The minimum Gasteiger partial charge on any atom is -0.340 e. The van der Waals surface area contributed by atoms with E-state index in [1.165, 1.54) is 22.3 Å². The van der Waals surface area contributed by atoms with E-state index in [2.05, 4.69) is 69.5 Å². The van der Waals surface area contributed by atoms with Crippen LogP contribution in [0.1, 0.15) is 17.5 Å². The third kappa shape index (κ3) is 4.13. The van der Waals surface area contributed by atoms with Gasteiger partial charge in [-0.1, -0.05) is 12.2 Å². The molecule has 0 radical (unpaired) electrons. The molecule has 6 heteroatoms. The molecule has 0 saturated carbocycles. The molecule has 2 aromatic heterocycles. The molecule has 1 aromatic carbocycles. The summed E-state index contributed by atoms with van der Waals surface area (Å²) < 4.78 is 0. The molecule has 0 fully saturated rings. The number of benzene rings is 1. The summed E-state index contributed by atoms with van der Waals surface area (Å²) in [5, 5.41) is 11.0. The van der Waals surface area contributed by atoms with E-state index in [-0.39, 0.29) is 6.04 Å². The van der Waals surface area contributed by atoms with Crippen LogP contribution in [0.15, 0.2) is 65.1 Å². The Hall–Kier alpha value is -2.96. The van der Waals surface area contributed by atoms with E-state index >= 15 is 0 Å². The van der Waals surface area contributed by atoms with Gasteiger partial charge in [-0.3, -0.25) is 0 Å². The van der Waals surface area contributed by atoms with Gasteiger partial charge in [0.15, 0.2) is 0 Å². The van der Waals surface area contributed by atoms with Gasteiger partial charge in [0.2, 0.25) is 5.95 Å². The molecule has 2 heterocycles. The summed E-state index contributed by atoms with van der Waals surface area (Å²) in [7, 11) is 0. The Labute approximate surface area is 169 Å². The zero-order valence-corrected chi connectivity index (χ0v) is 16.8. The number of rotatable bonds is 5. The zero-order chi connectivity index (χ0) is 19.5. The zero-order valence-electron chi connectivity index (χ0n) is 15.9. The second kappa shape index (κ2) is 7.96. The van der Waals surface area contributed by atoms with Crippen molar-refractivity contribution in [2.45, 2.75) is 26.3 Å². The minimum atomic E-state index is 0.0856. The number of aryl methyl sites for hydroxylation is 2. The maximum absolute atomic E-state index is 5.87. The molecule has 0 amide bonds. The highest BCUT2D eigenvalue weighted by atomic mass is 32.1. The summed E-state index contributed by atoms with van der Waals surface area (Å²) >= 11 is 1.71. The lowest BCUT2D eigenvalue weighted by atomic mass is 10.0. The second-order valence-electron chi connectivity index (χ2n) is 6.93. The van der Waals surface area contributed by atoms with Crippen molar-refractivity contribution in [3.05, 3.63) is 76.3 Å². The molecule has 28 heavy (non-hydrogen) atoms. The summed E-state index contributed by atoms with van der Waals surface area (Å²) in [6.07, 6.45) is 8.57. The van der Waals surface area contributed by atoms with Crippen molar-refractivity contribution in [1.29, 1.82) is 0 Å². The second-order valence-corrected chi connectivity index (χ2v) is 7.71. The molecule has 0 aliphatic heterocycles. The van der Waals surface area contributed by atoms with Crippen molar-refractivity contribution in [2.24, 2.45) is 5.73 Å². The summed E-state index contributed by atoms with van der Waals surface area (Å²) in [4.78, 5) is 8.92. The van der Waals surface area contributed by atoms with Crippen LogP contribution in [0.25, 0.3) is 11.1 Å². The standard InChI is InChI=1S/C22H23N5S/c1-14-11-17(16-8-10-28-13-16)12-15(2)21(14)26-20-7-9-24-22(27-20)25-19-5-3-18(23)4-6-19/h3,5-13,18H,4,23H2,1-2H3,(H2,24,25,26,27). The van der Waals surface area contributed by atoms with Crippen LogP contribution in [0.2, 0.25) is 0 Å². The molecule has 142 valence electrons. The Bertz CT molecular complexity index is 1010. The predicted octanol–water partition coefficient (Wildman–Crippen LogP) is 5.15. The van der Waals surface area contributed by atoms with E-state index in [9.17, 15) is 0 Å². The molecule has 4 rings (SSSR count). The number of nitrogens with two attached hydrogens (primary N) is 1. The van der Waals surface area contributed by atoms with Crippen LogP contribution in [0.3, 0.4) is 0 Å². The maximum Gasteiger partial charge on any atom is 0.229 e. The fourth-order valence-corrected chi connectivity index (χ4v) is 3.90. The van der Waals surface area contributed by atoms with Crippen LogP contribution in [-0.2, 0) is 0 Å². The lowest BCUT2D eigenvalue weighted by Gasteiger charge is -2.16. The van der Waals surface area contributed by atoms with E-state index in [0.29, 0.717) is 5.95 Å². The largest absolute Gasteiger partial charge is 0.340 e. The Balaban J connectivity index is 1.54. The number of hydrogen-bond acceptors (Lipinski definition) is 6. The monoisotopic (exact) mass is 389 g/mol. The number of thiophene rings is 1. The number of nitrogens with zero attached hydrogens (tertiary/aromatic N) is 2. The molecule has 4 N–H and O–H groups in total. The Morgan fingerprint density at radius 1 is 1.11 bits per heavy atom. The first-order valence-corrected chi connectivity index (χ1v) is 10.2. The lowest BCUT2D eigenvalue weighted by Crippen LogP contribution is -2.19. The summed E-state index contributed by atoms with van der Waals surface area (Å²) in [5.74, 6) is 1.31. The Kier molecular flexibility index (Phi) is 5.23. The average Bonchev–Trinajstić information content (AvgIpc) is 3.22. The van der Waals surface area contributed by atoms with E-state index in [4.69, 9.17) is 5.73 Å². The van der Waals surface area contributed by atoms with Crippen LogP contribution in [0.5, 0.6) is 0 Å². The molecule has 0 bridgehead atoms. The predicted molar refractivity (Wildman–Crippen MR) is 118 cm³/mol. The lowest BCUT2D eigenvalue weighted by molar-refractivity contribution is 0.818. The number of hydrogen-bond donors (Lipinski definition) is 3. The summed E-state index contributed by atoms with van der Waals surface area (Å²) in [5.41, 5.74) is 12.8. The van der Waals surface area contributed by atoms with Crippen molar-refractivity contribution in [3.8, 4) is 11.1 Å². The molecule has 5 nitrogen and oxygen atoms in total. The normalized spacial score (nSPS) is 16.0. The smallest absolute Gasteiger partial charge is 0.229 e. The van der Waals surface area contributed by atoms with Crippen LogP contribution < -0.4 is 16.4 Å². The molecule has 0 spiro atoms. The molecular formula is C22H23N5S. The molecule has 1 atom stereocenters. The van der Waals surface area contributed by atoms with Gasteiger partial charge < -0.3 is 16.4 Å². The van der Waals surface area contributed by atoms with E-state index in [0.717, 1.165) is 23.6 Å². The van der Waals surface area contributed by atoms with Crippen molar-refractivity contribution in [3.63, 3.8) is 0 Å². The van der Waals surface area contributed by atoms with Gasteiger partial charge in [0.1, 0.15) is 5.82 Å². The quantitative estimate of drug-likeness (QED) is 0.563. The average molecular weight is 390 g/mol. The number of anilines is 3. The van der Waals surface area contributed by atoms with Crippen molar-refractivity contribution < 1.29 is 0 Å². The van der Waals surface area contributed by atoms with Gasteiger partial charge >= 0.3 is 0 Å². The van der Waals surface area contributed by atoms with Crippen LogP contribution in [-0.4, -0.2) is 16.0 Å². The molecule has 1 aliphatic rings. The third-order valence-electron chi connectivity index (χ3n) is 4.68. The SMILES string of the molecule is Cc1cc(-c2ccsc2)cc(C)c1Nc1ccnc(NC2=CCC(N)C=C2)n1. The maximum atomic E-state index is 5.87. The van der Waals surface area contributed by atoms with Gasteiger partial charge in [-0.25, -0.2) is 4.98 Å². The van der Waals surface area contributed by atoms with Crippen molar-refractivity contribution >= 4 is 28.8 Å². The highest BCUT2D eigenvalue weighted by Gasteiger charge is 2.10. The summed E-state index contributed by atoms with van der Waals surface area (Å²) in [6.45, 7) is 4.23. The Morgan fingerprint density at radius 3 is 2.61 bits per heavy atom.